The van der Waals surface area contributed by atoms with Crippen LogP contribution >= 0.6 is 0 Å². The van der Waals surface area contributed by atoms with Crippen molar-refractivity contribution in [3.8, 4) is 5.75 Å². The normalized spacial score (nSPS) is 9.30. The van der Waals surface area contributed by atoms with Gasteiger partial charge in [-0.15, -0.1) is 0 Å². The van der Waals surface area contributed by atoms with Crippen LogP contribution in [0.5, 0.6) is 5.75 Å². The van der Waals surface area contributed by atoms with E-state index in [1.54, 1.807) is 24.1 Å². The van der Waals surface area contributed by atoms with E-state index in [0.717, 1.165) is 0 Å². The van der Waals surface area contributed by atoms with Gasteiger partial charge in [-0.3, -0.25) is 9.48 Å². The second-order valence-corrected chi connectivity index (χ2v) is 1.83. The van der Waals surface area contributed by atoms with Gasteiger partial charge in [0.25, 0.3) is 0 Å². The van der Waals surface area contributed by atoms with Crippen molar-refractivity contribution in [3.63, 3.8) is 0 Å². The van der Waals surface area contributed by atoms with Crippen molar-refractivity contribution in [1.82, 2.24) is 9.78 Å². The second-order valence-electron chi connectivity index (χ2n) is 1.83. The molecule has 0 aliphatic rings. The number of carbonyl (C=O) groups is 1. The van der Waals surface area contributed by atoms with Crippen LogP contribution in [-0.4, -0.2) is 22.7 Å². The highest BCUT2D eigenvalue weighted by atomic mass is 16.5. The summed E-state index contributed by atoms with van der Waals surface area (Å²) in [6.07, 6.45) is 3.96. The number of aldehydes is 1. The molecule has 1 aromatic heterocycles. The Morgan fingerprint density at radius 1 is 1.90 bits per heavy atom. The van der Waals surface area contributed by atoms with Crippen LogP contribution in [0.3, 0.4) is 0 Å². The molecule has 0 atom stereocenters. The molecule has 54 valence electrons. The molecule has 0 aromatic carbocycles. The lowest BCUT2D eigenvalue weighted by Crippen LogP contribution is -1.96. The van der Waals surface area contributed by atoms with Gasteiger partial charge in [-0.1, -0.05) is 0 Å². The fraction of sp³-hybridized carbons (Fsp3) is 0.333. The van der Waals surface area contributed by atoms with Crippen molar-refractivity contribution in [2.75, 3.05) is 6.61 Å². The first-order valence-electron chi connectivity index (χ1n) is 2.88. The van der Waals surface area contributed by atoms with Crippen molar-refractivity contribution < 1.29 is 9.53 Å². The van der Waals surface area contributed by atoms with E-state index in [-0.39, 0.29) is 6.61 Å². The molecule has 1 rings (SSSR count). The van der Waals surface area contributed by atoms with E-state index in [1.165, 1.54) is 0 Å². The van der Waals surface area contributed by atoms with Gasteiger partial charge in [-0.05, 0) is 0 Å². The van der Waals surface area contributed by atoms with Crippen molar-refractivity contribution in [2.45, 2.75) is 0 Å². The third-order valence-corrected chi connectivity index (χ3v) is 0.999. The highest BCUT2D eigenvalue weighted by molar-refractivity contribution is 5.51. The number of hydrogen-bond donors (Lipinski definition) is 0. The molecule has 0 amide bonds. The molecular weight excluding hydrogens is 132 g/mol. The van der Waals surface area contributed by atoms with Crippen LogP contribution in [-0.2, 0) is 11.8 Å². The van der Waals surface area contributed by atoms with Crippen LogP contribution in [0.15, 0.2) is 12.4 Å². The zero-order valence-electron chi connectivity index (χ0n) is 5.65. The molecule has 0 spiro atoms. The van der Waals surface area contributed by atoms with Crippen molar-refractivity contribution in [3.05, 3.63) is 12.4 Å². The minimum absolute atomic E-state index is 0.0890. The topological polar surface area (TPSA) is 44.1 Å². The van der Waals surface area contributed by atoms with E-state index >= 15 is 0 Å². The predicted molar refractivity (Wildman–Crippen MR) is 34.8 cm³/mol. The van der Waals surface area contributed by atoms with E-state index in [1.807, 2.05) is 0 Å². The third-order valence-electron chi connectivity index (χ3n) is 0.999. The molecule has 0 saturated carbocycles. The van der Waals surface area contributed by atoms with Gasteiger partial charge in [-0.2, -0.15) is 5.10 Å². The number of aromatic nitrogens is 2. The molecule has 0 unspecified atom stereocenters. The van der Waals surface area contributed by atoms with E-state index in [2.05, 4.69) is 5.10 Å². The van der Waals surface area contributed by atoms with Gasteiger partial charge in [0, 0.05) is 7.05 Å². The monoisotopic (exact) mass is 140 g/mol. The third kappa shape index (κ3) is 1.58. The van der Waals surface area contributed by atoms with E-state index in [9.17, 15) is 4.79 Å². The van der Waals surface area contributed by atoms with Crippen LogP contribution in [0.1, 0.15) is 0 Å². The largest absolute Gasteiger partial charge is 0.483 e. The number of rotatable bonds is 3. The Morgan fingerprint density at radius 3 is 3.20 bits per heavy atom. The fourth-order valence-electron chi connectivity index (χ4n) is 0.604. The Hall–Kier alpha value is -1.32. The molecule has 0 saturated heterocycles. The Bertz CT molecular complexity index is 219. The Balaban J connectivity index is 2.49. The van der Waals surface area contributed by atoms with Crippen LogP contribution in [0, 0.1) is 0 Å². The maximum absolute atomic E-state index is 9.83. The summed E-state index contributed by atoms with van der Waals surface area (Å²) in [6.45, 7) is 0.0890. The molecule has 4 heteroatoms. The van der Waals surface area contributed by atoms with Gasteiger partial charge < -0.3 is 4.74 Å². The molecule has 0 N–H and O–H groups in total. The summed E-state index contributed by atoms with van der Waals surface area (Å²) in [5.74, 6) is 0.620. The molecule has 0 bridgehead atoms. The van der Waals surface area contributed by atoms with E-state index in [4.69, 9.17) is 4.74 Å². The van der Waals surface area contributed by atoms with Crippen LogP contribution in [0.25, 0.3) is 0 Å². The average molecular weight is 140 g/mol. The SMILES string of the molecule is Cn1cc(OCC=O)cn1. The standard InChI is InChI=1S/C6H8N2O2/c1-8-5-6(4-7-8)10-3-2-9/h2,4-5H,3H2,1H3. The van der Waals surface area contributed by atoms with Gasteiger partial charge in [0.2, 0.25) is 0 Å². The van der Waals surface area contributed by atoms with Crippen molar-refractivity contribution >= 4 is 6.29 Å². The quantitative estimate of drug-likeness (QED) is 0.555. The molecule has 0 fully saturated rings. The summed E-state index contributed by atoms with van der Waals surface area (Å²) in [7, 11) is 1.79. The fourth-order valence-corrected chi connectivity index (χ4v) is 0.604. The summed E-state index contributed by atoms with van der Waals surface area (Å²) in [5.41, 5.74) is 0. The number of aryl methyl sites for hydroxylation is 1. The minimum Gasteiger partial charge on any atom is -0.483 e. The lowest BCUT2D eigenvalue weighted by atomic mass is 10.6. The van der Waals surface area contributed by atoms with Crippen LogP contribution < -0.4 is 4.74 Å². The average Bonchev–Trinajstić information content (AvgIpc) is 2.31. The number of carbonyl (C=O) groups excluding carboxylic acids is 1. The van der Waals surface area contributed by atoms with Gasteiger partial charge in [0.15, 0.2) is 12.0 Å². The predicted octanol–water partition coefficient (Wildman–Crippen LogP) is -0.00220. The highest BCUT2D eigenvalue weighted by Crippen LogP contribution is 2.05. The maximum Gasteiger partial charge on any atom is 0.157 e. The smallest absolute Gasteiger partial charge is 0.157 e. The highest BCUT2D eigenvalue weighted by Gasteiger charge is 1.93. The molecule has 0 radical (unpaired) electrons. The molecule has 10 heavy (non-hydrogen) atoms. The Kier molecular flexibility index (Phi) is 2.04. The number of hydrogen-bond acceptors (Lipinski definition) is 3. The molecule has 1 heterocycles. The van der Waals surface area contributed by atoms with E-state index in [0.29, 0.717) is 12.0 Å². The minimum atomic E-state index is 0.0890. The molecule has 1 aromatic rings. The maximum atomic E-state index is 9.83. The first-order valence-corrected chi connectivity index (χ1v) is 2.88. The van der Waals surface area contributed by atoms with Gasteiger partial charge in [0.05, 0.1) is 12.4 Å². The zero-order valence-corrected chi connectivity index (χ0v) is 5.65. The van der Waals surface area contributed by atoms with Crippen molar-refractivity contribution in [2.24, 2.45) is 7.05 Å². The number of nitrogens with zero attached hydrogens (tertiary/aromatic N) is 2. The second kappa shape index (κ2) is 3.00. The van der Waals surface area contributed by atoms with E-state index < -0.39 is 0 Å². The lowest BCUT2D eigenvalue weighted by Gasteiger charge is -1.93. The van der Waals surface area contributed by atoms with Crippen LogP contribution in [0.2, 0.25) is 0 Å². The molecule has 0 aliphatic heterocycles. The van der Waals surface area contributed by atoms with Gasteiger partial charge >= 0.3 is 0 Å². The first kappa shape index (κ1) is 6.80. The lowest BCUT2D eigenvalue weighted by molar-refractivity contribution is -0.109. The van der Waals surface area contributed by atoms with Gasteiger partial charge in [0.1, 0.15) is 6.61 Å². The Labute approximate surface area is 58.4 Å². The zero-order chi connectivity index (χ0) is 7.40. The number of ether oxygens (including phenoxy) is 1. The molecular formula is C6H8N2O2. The summed E-state index contributed by atoms with van der Waals surface area (Å²) >= 11 is 0. The molecule has 4 nitrogen and oxygen atoms in total. The first-order chi connectivity index (χ1) is 4.83. The van der Waals surface area contributed by atoms with Crippen molar-refractivity contribution in [1.29, 1.82) is 0 Å². The summed E-state index contributed by atoms with van der Waals surface area (Å²) < 4.78 is 6.54. The summed E-state index contributed by atoms with van der Waals surface area (Å²) in [5, 5.41) is 3.85. The summed E-state index contributed by atoms with van der Waals surface area (Å²) in [4.78, 5) is 9.83. The Morgan fingerprint density at radius 2 is 2.70 bits per heavy atom. The molecule has 0 aliphatic carbocycles. The summed E-state index contributed by atoms with van der Waals surface area (Å²) in [6, 6.07) is 0. The van der Waals surface area contributed by atoms with Crippen LogP contribution in [0.4, 0.5) is 0 Å². The van der Waals surface area contributed by atoms with Gasteiger partial charge in [-0.25, -0.2) is 0 Å².